The van der Waals surface area contributed by atoms with Crippen LogP contribution in [0.4, 0.5) is 17.1 Å². The van der Waals surface area contributed by atoms with E-state index in [1.165, 1.54) is 0 Å². The molecule has 8 N–H and O–H groups in total. The number of aryl methyl sites for hydroxylation is 2. The minimum Gasteiger partial charge on any atom is -0.494 e. The van der Waals surface area contributed by atoms with Gasteiger partial charge in [0.1, 0.15) is 11.8 Å². The summed E-state index contributed by atoms with van der Waals surface area (Å²) in [7, 11) is 0. The van der Waals surface area contributed by atoms with Crippen LogP contribution in [-0.4, -0.2) is 70.5 Å². The van der Waals surface area contributed by atoms with Crippen molar-refractivity contribution < 1.29 is 33.8 Å². The van der Waals surface area contributed by atoms with Gasteiger partial charge in [0.2, 0.25) is 5.91 Å². The van der Waals surface area contributed by atoms with Crippen LogP contribution < -0.4 is 37.1 Å². The molecule has 3 rings (SSSR count). The van der Waals surface area contributed by atoms with Crippen LogP contribution in [0.2, 0.25) is 0 Å². The number of hydrogen-bond donors (Lipinski definition) is 7. The molecule has 2 amide bonds. The van der Waals surface area contributed by atoms with Crippen LogP contribution in [-0.2, 0) is 14.4 Å². The summed E-state index contributed by atoms with van der Waals surface area (Å²) in [5, 5.41) is 26.0. The lowest BCUT2D eigenvalue weighted by Crippen LogP contribution is -2.48. The number of amides is 2. The van der Waals surface area contributed by atoms with Crippen LogP contribution in [0.1, 0.15) is 63.9 Å². The van der Waals surface area contributed by atoms with Gasteiger partial charge in [0.05, 0.1) is 29.8 Å². The number of nitrogens with two attached hydrogens (primary N) is 1. The van der Waals surface area contributed by atoms with Crippen molar-refractivity contribution in [2.24, 2.45) is 10.7 Å². The number of thiocarbonyl (C=S) groups is 2. The molecule has 0 saturated carbocycles. The predicted molar refractivity (Wildman–Crippen MR) is 214 cm³/mol. The van der Waals surface area contributed by atoms with Gasteiger partial charge in [-0.25, -0.2) is 4.79 Å². The number of carbonyl (C=O) groups is 5. The number of carboxylic acids is 1. The second kappa shape index (κ2) is 21.5. The maximum absolute atomic E-state index is 13.2. The molecule has 284 valence electrons. The van der Waals surface area contributed by atoms with Crippen molar-refractivity contribution >= 4 is 81.1 Å². The molecule has 14 nitrogen and oxygen atoms in total. The zero-order chi connectivity index (χ0) is 39.6. The molecule has 1 unspecified atom stereocenters. The topological polar surface area (TPSA) is 213 Å². The van der Waals surface area contributed by atoms with E-state index in [1.54, 1.807) is 74.5 Å². The number of nitrogens with one attached hydrogen (secondary N) is 5. The van der Waals surface area contributed by atoms with Gasteiger partial charge in [-0.1, -0.05) is 18.7 Å². The number of benzene rings is 3. The highest BCUT2D eigenvalue weighted by Crippen LogP contribution is 2.23. The first kappa shape index (κ1) is 42.5. The van der Waals surface area contributed by atoms with Crippen LogP contribution in [0.3, 0.4) is 0 Å². The Morgan fingerprint density at radius 2 is 1.63 bits per heavy atom. The van der Waals surface area contributed by atoms with E-state index in [1.807, 2.05) is 0 Å². The number of aliphatic imine (C=N–C) groups is 1. The van der Waals surface area contributed by atoms with Crippen LogP contribution in [0.5, 0.6) is 5.75 Å². The Balaban J connectivity index is 1.39. The smallest absolute Gasteiger partial charge is 0.328 e. The molecule has 0 aliphatic rings. The Morgan fingerprint density at radius 1 is 0.926 bits per heavy atom. The molecule has 0 heterocycles. The number of isothiocyanates is 1. The van der Waals surface area contributed by atoms with E-state index in [0.717, 1.165) is 5.69 Å². The number of rotatable bonds is 21. The van der Waals surface area contributed by atoms with E-state index >= 15 is 0 Å². The fourth-order valence-electron chi connectivity index (χ4n) is 5.16. The molecule has 0 fully saturated rings. The number of nitrogens with zero attached hydrogens (tertiary/aromatic N) is 1. The van der Waals surface area contributed by atoms with E-state index < -0.39 is 23.8 Å². The van der Waals surface area contributed by atoms with Crippen molar-refractivity contribution in [2.45, 2.75) is 52.0 Å². The van der Waals surface area contributed by atoms with E-state index in [9.17, 15) is 29.1 Å². The number of unbranched alkanes of at least 4 members (excludes halogenated alkanes) is 1. The number of Topliss-reactive ketones (excluding diaryl/α,β-unsaturated/α-hetero) is 2. The summed E-state index contributed by atoms with van der Waals surface area (Å²) in [5.41, 5.74) is 9.30. The molecule has 3 aromatic carbocycles. The zero-order valence-corrected chi connectivity index (χ0v) is 31.6. The van der Waals surface area contributed by atoms with E-state index in [-0.39, 0.29) is 48.9 Å². The molecular formula is C38H43N7O7S2. The summed E-state index contributed by atoms with van der Waals surface area (Å²) in [4.78, 5) is 66.4. The maximum atomic E-state index is 13.2. The Hall–Kier alpha value is -5.96. The van der Waals surface area contributed by atoms with Crippen LogP contribution in [0.25, 0.3) is 0 Å². The van der Waals surface area contributed by atoms with Gasteiger partial charge in [-0.15, -0.1) is 0 Å². The summed E-state index contributed by atoms with van der Waals surface area (Å²) >= 11 is 9.85. The van der Waals surface area contributed by atoms with E-state index in [4.69, 9.17) is 22.7 Å². The zero-order valence-electron chi connectivity index (χ0n) is 30.0. The first-order chi connectivity index (χ1) is 25.7. The molecule has 0 radical (unpaired) electrons. The number of ketones is 2. The summed E-state index contributed by atoms with van der Waals surface area (Å²) in [5.74, 6) is -2.07. The highest BCUT2D eigenvalue weighted by molar-refractivity contribution is 7.80. The second-order valence-corrected chi connectivity index (χ2v) is 12.7. The summed E-state index contributed by atoms with van der Waals surface area (Å²) in [6, 6.07) is 15.6. The third-order valence-corrected chi connectivity index (χ3v) is 8.11. The van der Waals surface area contributed by atoms with Crippen molar-refractivity contribution in [3.05, 3.63) is 95.3 Å². The average molecular weight is 774 g/mol. The molecule has 54 heavy (non-hydrogen) atoms. The van der Waals surface area contributed by atoms with Crippen molar-refractivity contribution in [3.63, 3.8) is 0 Å². The van der Waals surface area contributed by atoms with E-state index in [2.05, 4.69) is 55.5 Å². The third-order valence-electron chi connectivity index (χ3n) is 7.77. The monoisotopic (exact) mass is 773 g/mol. The number of hydrogen-bond acceptors (Lipinski definition) is 11. The standard InChI is InChI=1S/C38H43N7O7S2/c1-23-17-31(52-16-5-4-9-30(46)20-41-38(54)44-28-12-10-27(11-13-28)42-22-53)18-24(2)35(23)36(49)45-32(37(50)51)21-40-34(48)15-14-33(47)26-7-6-8-29(19-26)43-25(3)39/h6-8,10-13,17-19,32,43H,3-5,9,14-16,20-21,39H2,1-2H3,(H,40,48)(H,45,49)(H,50,51)(H2,41,44,54). The molecule has 16 heteroatoms. The average Bonchev–Trinajstić information content (AvgIpc) is 3.11. The fourth-order valence-corrected chi connectivity index (χ4v) is 5.45. The Morgan fingerprint density at radius 3 is 2.28 bits per heavy atom. The molecular weight excluding hydrogens is 731 g/mol. The third kappa shape index (κ3) is 14.6. The fraction of sp³-hybridized carbons (Fsp3) is 0.289. The lowest BCUT2D eigenvalue weighted by molar-refractivity contribution is -0.139. The molecule has 0 aromatic heterocycles. The summed E-state index contributed by atoms with van der Waals surface area (Å²) in [6.07, 6.45) is 1.26. The van der Waals surface area contributed by atoms with Crippen molar-refractivity contribution in [1.29, 1.82) is 0 Å². The lowest BCUT2D eigenvalue weighted by Gasteiger charge is -2.18. The van der Waals surface area contributed by atoms with Gasteiger partial charge in [-0.3, -0.25) is 19.2 Å². The second-order valence-electron chi connectivity index (χ2n) is 12.2. The molecule has 0 spiro atoms. The number of aliphatic carboxylic acids is 1. The number of anilines is 2. The molecule has 3 aromatic rings. The number of carboxylic acid groups (broad SMARTS) is 1. The van der Waals surface area contributed by atoms with Gasteiger partial charge in [0.25, 0.3) is 5.91 Å². The number of ether oxygens (including phenoxy) is 1. The van der Waals surface area contributed by atoms with Crippen molar-refractivity contribution in [2.75, 3.05) is 30.3 Å². The first-order valence-corrected chi connectivity index (χ1v) is 17.7. The minimum absolute atomic E-state index is 0.00744. The SMILES string of the molecule is C=C(N)Nc1cccc(C(=O)CCC(=O)NCC(NC(=O)c2c(C)cc(OCCCCC(=O)CNC(=S)Nc3ccc(N=C=S)cc3)cc2C)C(=O)O)c1. The molecule has 0 bridgehead atoms. The Bertz CT molecular complexity index is 1910. The van der Waals surface area contributed by atoms with Gasteiger partial charge in [0, 0.05) is 48.3 Å². The van der Waals surface area contributed by atoms with Crippen molar-refractivity contribution in [1.82, 2.24) is 16.0 Å². The minimum atomic E-state index is -1.42. The number of carbonyl (C=O) groups excluding carboxylic acids is 4. The molecule has 0 aliphatic heterocycles. The van der Waals surface area contributed by atoms with Gasteiger partial charge in [0.15, 0.2) is 16.7 Å². The summed E-state index contributed by atoms with van der Waals surface area (Å²) < 4.78 is 5.86. The van der Waals surface area contributed by atoms with Gasteiger partial charge < -0.3 is 42.2 Å². The quantitative estimate of drug-likeness (QED) is 0.0331. The Labute approximate surface area is 324 Å². The maximum Gasteiger partial charge on any atom is 0.328 e. The highest BCUT2D eigenvalue weighted by Gasteiger charge is 2.24. The van der Waals surface area contributed by atoms with Gasteiger partial charge in [-0.2, -0.15) is 4.99 Å². The van der Waals surface area contributed by atoms with Crippen molar-refractivity contribution in [3.8, 4) is 5.75 Å². The lowest BCUT2D eigenvalue weighted by atomic mass is 10.0. The largest absolute Gasteiger partial charge is 0.494 e. The van der Waals surface area contributed by atoms with E-state index in [0.29, 0.717) is 64.8 Å². The van der Waals surface area contributed by atoms with Gasteiger partial charge >= 0.3 is 5.97 Å². The molecule has 0 aliphatic carbocycles. The first-order valence-electron chi connectivity index (χ1n) is 16.9. The van der Waals surface area contributed by atoms with Crippen LogP contribution in [0, 0.1) is 13.8 Å². The van der Waals surface area contributed by atoms with Crippen LogP contribution >= 0.6 is 24.4 Å². The molecule has 1 atom stereocenters. The van der Waals surface area contributed by atoms with Gasteiger partial charge in [-0.05, 0) is 111 Å². The van der Waals surface area contributed by atoms with Crippen LogP contribution in [0.15, 0.2) is 78.1 Å². The normalized spacial score (nSPS) is 10.9. The summed E-state index contributed by atoms with van der Waals surface area (Å²) in [6.45, 7) is 7.01. The highest BCUT2D eigenvalue weighted by atomic mass is 32.1. The predicted octanol–water partition coefficient (Wildman–Crippen LogP) is 4.95. The Kier molecular flexibility index (Phi) is 16.9. The molecule has 0 saturated heterocycles.